The van der Waals surface area contributed by atoms with E-state index in [9.17, 15) is 5.11 Å². The van der Waals surface area contributed by atoms with Gasteiger partial charge in [0.25, 0.3) is 0 Å². The van der Waals surface area contributed by atoms with Crippen molar-refractivity contribution in [2.75, 3.05) is 13.2 Å². The van der Waals surface area contributed by atoms with Crippen LogP contribution < -0.4 is 0 Å². The van der Waals surface area contributed by atoms with Gasteiger partial charge in [0, 0.05) is 13.0 Å². The fourth-order valence-corrected chi connectivity index (χ4v) is 2.06. The van der Waals surface area contributed by atoms with E-state index in [2.05, 4.69) is 32.9 Å². The van der Waals surface area contributed by atoms with Crippen LogP contribution in [-0.4, -0.2) is 18.3 Å². The fraction of sp³-hybridized carbons (Fsp3) is 0.571. The van der Waals surface area contributed by atoms with E-state index in [0.717, 1.165) is 5.56 Å². The molecule has 1 saturated heterocycles. The second-order valence-corrected chi connectivity index (χ2v) is 5.66. The van der Waals surface area contributed by atoms with Gasteiger partial charge in [-0.2, -0.15) is 0 Å². The Balaban J connectivity index is 2.36. The van der Waals surface area contributed by atoms with Crippen molar-refractivity contribution in [3.63, 3.8) is 0 Å². The first kappa shape index (κ1) is 11.6. The highest BCUT2D eigenvalue weighted by Crippen LogP contribution is 2.32. The summed E-state index contributed by atoms with van der Waals surface area (Å²) in [7, 11) is 0. The Morgan fingerprint density at radius 2 is 2.06 bits per heavy atom. The van der Waals surface area contributed by atoms with Gasteiger partial charge in [0.15, 0.2) is 0 Å². The fourth-order valence-electron chi connectivity index (χ4n) is 2.06. The van der Waals surface area contributed by atoms with Crippen molar-refractivity contribution in [2.24, 2.45) is 0 Å². The number of ether oxygens (including phenoxy) is 1. The van der Waals surface area contributed by atoms with E-state index in [1.54, 1.807) is 0 Å². The highest BCUT2D eigenvalue weighted by molar-refractivity contribution is 5.32. The second kappa shape index (κ2) is 3.86. The molecule has 1 heterocycles. The van der Waals surface area contributed by atoms with E-state index in [4.69, 9.17) is 4.74 Å². The van der Waals surface area contributed by atoms with Crippen molar-refractivity contribution in [1.82, 2.24) is 0 Å². The lowest BCUT2D eigenvalue weighted by Crippen LogP contribution is -2.26. The van der Waals surface area contributed by atoms with E-state index in [1.807, 2.05) is 12.1 Å². The van der Waals surface area contributed by atoms with Gasteiger partial charge < -0.3 is 9.84 Å². The Hall–Kier alpha value is -0.860. The van der Waals surface area contributed by atoms with Gasteiger partial charge in [-0.1, -0.05) is 45.0 Å². The number of rotatable bonds is 1. The molecule has 1 atom stereocenters. The summed E-state index contributed by atoms with van der Waals surface area (Å²) in [5.41, 5.74) is 1.58. The maximum Gasteiger partial charge on any atom is 0.115 e. The van der Waals surface area contributed by atoms with Crippen LogP contribution in [0.4, 0.5) is 0 Å². The molecule has 1 fully saturated rings. The molecule has 1 N–H and O–H groups in total. The van der Waals surface area contributed by atoms with Crippen LogP contribution in [0.5, 0.6) is 0 Å². The Labute approximate surface area is 97.3 Å². The van der Waals surface area contributed by atoms with Crippen LogP contribution in [0.25, 0.3) is 0 Å². The lowest BCUT2D eigenvalue weighted by molar-refractivity contribution is 0.0231. The van der Waals surface area contributed by atoms with Crippen molar-refractivity contribution in [1.29, 1.82) is 0 Å². The van der Waals surface area contributed by atoms with Crippen molar-refractivity contribution >= 4 is 0 Å². The van der Waals surface area contributed by atoms with Gasteiger partial charge in [0.1, 0.15) is 5.60 Å². The average Bonchev–Trinajstić information content (AvgIpc) is 2.66. The summed E-state index contributed by atoms with van der Waals surface area (Å²) < 4.78 is 5.29. The molecule has 16 heavy (non-hydrogen) atoms. The van der Waals surface area contributed by atoms with Crippen LogP contribution in [0.15, 0.2) is 24.3 Å². The van der Waals surface area contributed by atoms with Gasteiger partial charge in [-0.05, 0) is 16.5 Å². The third kappa shape index (κ3) is 2.13. The van der Waals surface area contributed by atoms with Crippen LogP contribution in [0.2, 0.25) is 0 Å². The van der Waals surface area contributed by atoms with E-state index >= 15 is 0 Å². The third-order valence-electron chi connectivity index (χ3n) is 3.27. The third-order valence-corrected chi connectivity index (χ3v) is 3.27. The molecule has 1 unspecified atom stereocenters. The van der Waals surface area contributed by atoms with Gasteiger partial charge in [-0.3, -0.25) is 0 Å². The minimum atomic E-state index is -0.777. The molecule has 2 heteroatoms. The van der Waals surface area contributed by atoms with E-state index in [1.165, 1.54) is 5.56 Å². The minimum Gasteiger partial charge on any atom is -0.383 e. The summed E-state index contributed by atoms with van der Waals surface area (Å²) in [6.45, 7) is 7.61. The van der Waals surface area contributed by atoms with Crippen LogP contribution >= 0.6 is 0 Å². The molecule has 0 bridgehead atoms. The molecule has 0 saturated carbocycles. The Kier molecular flexibility index (Phi) is 2.81. The molecular formula is C14H20O2. The zero-order valence-corrected chi connectivity index (χ0v) is 10.3. The van der Waals surface area contributed by atoms with Crippen molar-refractivity contribution in [2.45, 2.75) is 38.2 Å². The van der Waals surface area contributed by atoms with Crippen LogP contribution in [0.3, 0.4) is 0 Å². The molecule has 0 aliphatic carbocycles. The number of benzene rings is 1. The number of aliphatic hydroxyl groups is 1. The minimum absolute atomic E-state index is 0.117. The molecule has 0 spiro atoms. The largest absolute Gasteiger partial charge is 0.383 e. The van der Waals surface area contributed by atoms with Gasteiger partial charge in [0.05, 0.1) is 6.61 Å². The predicted octanol–water partition coefficient (Wildman–Crippen LogP) is 2.59. The maximum atomic E-state index is 10.4. The van der Waals surface area contributed by atoms with Crippen molar-refractivity contribution < 1.29 is 9.84 Å². The zero-order chi connectivity index (χ0) is 11.8. The molecule has 88 valence electrons. The molecule has 2 rings (SSSR count). The van der Waals surface area contributed by atoms with E-state index in [0.29, 0.717) is 19.6 Å². The molecule has 1 aliphatic heterocycles. The summed E-state index contributed by atoms with van der Waals surface area (Å²) in [5.74, 6) is 0. The molecule has 1 aromatic carbocycles. The van der Waals surface area contributed by atoms with Gasteiger partial charge >= 0.3 is 0 Å². The first-order valence-corrected chi connectivity index (χ1v) is 5.83. The van der Waals surface area contributed by atoms with Gasteiger partial charge in [-0.15, -0.1) is 0 Å². The molecule has 0 aromatic heterocycles. The normalized spacial score (nSPS) is 26.0. The van der Waals surface area contributed by atoms with Crippen LogP contribution in [0.1, 0.15) is 38.3 Å². The van der Waals surface area contributed by atoms with Gasteiger partial charge in [0.2, 0.25) is 0 Å². The zero-order valence-electron chi connectivity index (χ0n) is 10.3. The lowest BCUT2D eigenvalue weighted by Gasteiger charge is -2.25. The molecule has 1 aromatic rings. The maximum absolute atomic E-state index is 10.4. The van der Waals surface area contributed by atoms with Crippen molar-refractivity contribution in [3.05, 3.63) is 35.4 Å². The summed E-state index contributed by atoms with van der Waals surface area (Å²) >= 11 is 0. The Morgan fingerprint density at radius 1 is 1.31 bits per heavy atom. The molecule has 2 nitrogen and oxygen atoms in total. The second-order valence-electron chi connectivity index (χ2n) is 5.66. The van der Waals surface area contributed by atoms with E-state index in [-0.39, 0.29) is 5.41 Å². The molecular weight excluding hydrogens is 200 g/mol. The Morgan fingerprint density at radius 3 is 2.62 bits per heavy atom. The van der Waals surface area contributed by atoms with Crippen molar-refractivity contribution in [3.8, 4) is 0 Å². The quantitative estimate of drug-likeness (QED) is 0.788. The number of hydrogen-bond acceptors (Lipinski definition) is 2. The monoisotopic (exact) mass is 220 g/mol. The number of hydrogen-bond donors (Lipinski definition) is 1. The lowest BCUT2D eigenvalue weighted by atomic mass is 9.83. The summed E-state index contributed by atoms with van der Waals surface area (Å²) in [5, 5.41) is 10.4. The van der Waals surface area contributed by atoms with Crippen LogP contribution in [0, 0.1) is 0 Å². The molecule has 1 aliphatic rings. The first-order chi connectivity index (χ1) is 7.42. The highest BCUT2D eigenvalue weighted by atomic mass is 16.5. The summed E-state index contributed by atoms with van der Waals surface area (Å²) in [6, 6.07) is 8.23. The van der Waals surface area contributed by atoms with Gasteiger partial charge in [-0.25, -0.2) is 0 Å². The SMILES string of the molecule is CC(C)(C)c1cccc(C2(O)CCOC2)c1. The standard InChI is InChI=1S/C14H20O2/c1-13(2,3)11-5-4-6-12(9-11)14(15)7-8-16-10-14/h4-6,9,15H,7-8,10H2,1-3H3. The Bertz CT molecular complexity index is 371. The van der Waals surface area contributed by atoms with Crippen LogP contribution in [-0.2, 0) is 15.8 Å². The average molecular weight is 220 g/mol. The summed E-state index contributed by atoms with van der Waals surface area (Å²) in [6.07, 6.45) is 0.695. The summed E-state index contributed by atoms with van der Waals surface area (Å²) in [4.78, 5) is 0. The van der Waals surface area contributed by atoms with E-state index < -0.39 is 5.60 Å². The molecule has 0 amide bonds. The predicted molar refractivity (Wildman–Crippen MR) is 64.5 cm³/mol. The smallest absolute Gasteiger partial charge is 0.115 e. The highest BCUT2D eigenvalue weighted by Gasteiger charge is 2.34. The topological polar surface area (TPSA) is 29.5 Å². The first-order valence-electron chi connectivity index (χ1n) is 5.83. The molecule has 0 radical (unpaired) electrons.